The Morgan fingerprint density at radius 3 is 3.05 bits per heavy atom. The van der Waals surface area contributed by atoms with Crippen molar-refractivity contribution in [3.05, 3.63) is 24.0 Å². The second-order valence-electron chi connectivity index (χ2n) is 5.46. The van der Waals surface area contributed by atoms with Crippen LogP contribution in [0.5, 0.6) is 0 Å². The van der Waals surface area contributed by atoms with Gasteiger partial charge in [0.25, 0.3) is 0 Å². The van der Waals surface area contributed by atoms with E-state index in [1.165, 1.54) is 4.90 Å². The van der Waals surface area contributed by atoms with Crippen LogP contribution in [0.1, 0.15) is 5.76 Å². The molecular formula is C13H12N2O5. The van der Waals surface area contributed by atoms with Gasteiger partial charge < -0.3 is 14.4 Å². The highest BCUT2D eigenvalue weighted by Gasteiger charge is 2.67. The average Bonchev–Trinajstić information content (AvgIpc) is 3.10. The molecule has 1 spiro atoms. The van der Waals surface area contributed by atoms with E-state index >= 15 is 0 Å². The first kappa shape index (κ1) is 11.7. The number of carboxylic acids is 1. The van der Waals surface area contributed by atoms with Gasteiger partial charge in [0.15, 0.2) is 5.82 Å². The lowest BCUT2D eigenvalue weighted by Crippen LogP contribution is -2.39. The number of hydrogen-bond acceptors (Lipinski definition) is 5. The Kier molecular flexibility index (Phi) is 2.03. The zero-order valence-electron chi connectivity index (χ0n) is 10.6. The minimum absolute atomic E-state index is 0.266. The molecule has 1 aromatic heterocycles. The summed E-state index contributed by atoms with van der Waals surface area (Å²) in [7, 11) is 0. The van der Waals surface area contributed by atoms with Crippen LogP contribution in [0.3, 0.4) is 0 Å². The molecule has 0 aliphatic carbocycles. The van der Waals surface area contributed by atoms with Crippen LogP contribution < -0.4 is 4.90 Å². The summed E-state index contributed by atoms with van der Waals surface area (Å²) in [4.78, 5) is 25.4. The van der Waals surface area contributed by atoms with E-state index in [1.807, 2.05) is 6.08 Å². The van der Waals surface area contributed by atoms with Crippen LogP contribution in [-0.4, -0.2) is 40.4 Å². The number of hydrogen-bond donors (Lipinski definition) is 1. The lowest BCUT2D eigenvalue weighted by atomic mass is 9.77. The summed E-state index contributed by atoms with van der Waals surface area (Å²) >= 11 is 0. The summed E-state index contributed by atoms with van der Waals surface area (Å²) in [6.45, 7) is 2.01. The second kappa shape index (κ2) is 3.49. The van der Waals surface area contributed by atoms with Gasteiger partial charge >= 0.3 is 5.97 Å². The van der Waals surface area contributed by atoms with Crippen LogP contribution >= 0.6 is 0 Å². The van der Waals surface area contributed by atoms with Gasteiger partial charge in [-0.05, 0) is 6.92 Å². The van der Waals surface area contributed by atoms with E-state index < -0.39 is 29.5 Å². The van der Waals surface area contributed by atoms with Crippen LogP contribution in [0.25, 0.3) is 0 Å². The van der Waals surface area contributed by atoms with Crippen molar-refractivity contribution in [3.8, 4) is 0 Å². The molecule has 4 atom stereocenters. The molecule has 2 saturated heterocycles. The first-order chi connectivity index (χ1) is 9.52. The van der Waals surface area contributed by atoms with Crippen molar-refractivity contribution in [2.24, 2.45) is 11.8 Å². The molecule has 104 valence electrons. The topological polar surface area (TPSA) is 92.9 Å². The summed E-state index contributed by atoms with van der Waals surface area (Å²) in [5.41, 5.74) is -0.836. The fourth-order valence-electron chi connectivity index (χ4n) is 3.45. The fraction of sp³-hybridized carbons (Fsp3) is 0.462. The summed E-state index contributed by atoms with van der Waals surface area (Å²) in [6, 6.07) is 1.65. The quantitative estimate of drug-likeness (QED) is 0.784. The normalized spacial score (nSPS) is 37.8. The van der Waals surface area contributed by atoms with Crippen LogP contribution in [0.2, 0.25) is 0 Å². The van der Waals surface area contributed by atoms with E-state index in [0.717, 1.165) is 0 Å². The number of nitrogens with zero attached hydrogens (tertiary/aromatic N) is 2. The van der Waals surface area contributed by atoms with Gasteiger partial charge in [0.05, 0.1) is 18.6 Å². The van der Waals surface area contributed by atoms with Crippen molar-refractivity contribution in [1.82, 2.24) is 5.16 Å². The Morgan fingerprint density at radius 1 is 1.60 bits per heavy atom. The molecule has 0 aromatic carbocycles. The maximum Gasteiger partial charge on any atom is 0.310 e. The Bertz CT molecular complexity index is 651. The predicted octanol–water partition coefficient (Wildman–Crippen LogP) is 0.354. The van der Waals surface area contributed by atoms with Crippen LogP contribution in [0.4, 0.5) is 5.82 Å². The molecule has 4 rings (SSSR count). The second-order valence-corrected chi connectivity index (χ2v) is 5.46. The van der Waals surface area contributed by atoms with Gasteiger partial charge in [0, 0.05) is 6.07 Å². The van der Waals surface area contributed by atoms with Gasteiger partial charge in [-0.2, -0.15) is 0 Å². The molecule has 1 N–H and O–H groups in total. The van der Waals surface area contributed by atoms with E-state index in [2.05, 4.69) is 5.16 Å². The predicted molar refractivity (Wildman–Crippen MR) is 65.0 cm³/mol. The largest absolute Gasteiger partial charge is 0.481 e. The average molecular weight is 276 g/mol. The maximum atomic E-state index is 12.6. The van der Waals surface area contributed by atoms with E-state index in [-0.39, 0.29) is 12.5 Å². The number of carbonyl (C=O) groups excluding carboxylic acids is 1. The molecule has 3 aliphatic rings. The highest BCUT2D eigenvalue weighted by molar-refractivity contribution is 6.01. The summed E-state index contributed by atoms with van der Waals surface area (Å²) in [6.07, 6.45) is 3.04. The van der Waals surface area contributed by atoms with Crippen molar-refractivity contribution in [2.75, 3.05) is 11.4 Å². The number of ether oxygens (including phenoxy) is 1. The van der Waals surface area contributed by atoms with E-state index in [9.17, 15) is 14.7 Å². The molecule has 0 radical (unpaired) electrons. The number of carboxylic acid groups (broad SMARTS) is 1. The number of carbonyl (C=O) groups is 2. The van der Waals surface area contributed by atoms with Crippen molar-refractivity contribution in [3.63, 3.8) is 0 Å². The molecular weight excluding hydrogens is 264 g/mol. The van der Waals surface area contributed by atoms with Crippen LogP contribution in [0, 0.1) is 18.8 Å². The first-order valence-corrected chi connectivity index (χ1v) is 6.36. The number of aromatic nitrogens is 1. The minimum atomic E-state index is -1.00. The third-order valence-corrected chi connectivity index (χ3v) is 4.28. The molecule has 7 heteroatoms. The maximum absolute atomic E-state index is 12.6. The Hall–Kier alpha value is -2.15. The number of amides is 1. The van der Waals surface area contributed by atoms with E-state index in [0.29, 0.717) is 11.6 Å². The monoisotopic (exact) mass is 276 g/mol. The third-order valence-electron chi connectivity index (χ3n) is 4.28. The minimum Gasteiger partial charge on any atom is -0.481 e. The molecule has 1 amide bonds. The lowest BCUT2D eigenvalue weighted by Gasteiger charge is -2.21. The van der Waals surface area contributed by atoms with Crippen LogP contribution in [0.15, 0.2) is 22.7 Å². The Balaban J connectivity index is 1.75. The number of anilines is 1. The molecule has 4 heterocycles. The molecule has 2 fully saturated rings. The van der Waals surface area contributed by atoms with Crippen LogP contribution in [-0.2, 0) is 14.3 Å². The van der Waals surface area contributed by atoms with E-state index in [1.54, 1.807) is 19.1 Å². The molecule has 3 aliphatic heterocycles. The zero-order valence-corrected chi connectivity index (χ0v) is 10.6. The zero-order chi connectivity index (χ0) is 14.1. The lowest BCUT2D eigenvalue weighted by molar-refractivity contribution is -0.146. The standard InChI is InChI=1S/C13H12N2O5/c1-6-4-8(14-20-6)15-5-13-3-2-7(19-13)9(12(17)18)10(13)11(15)16/h2-4,7,9-10H,5H2,1H3,(H,17,18)/t7-,9+,10-,13+/m1/s1. The molecule has 2 bridgehead atoms. The summed E-state index contributed by atoms with van der Waals surface area (Å²) < 4.78 is 10.8. The third kappa shape index (κ3) is 1.25. The number of aryl methyl sites for hydroxylation is 1. The number of rotatable bonds is 2. The van der Waals surface area contributed by atoms with Crippen molar-refractivity contribution < 1.29 is 24.0 Å². The smallest absolute Gasteiger partial charge is 0.310 e. The van der Waals surface area contributed by atoms with Gasteiger partial charge in [0.1, 0.15) is 17.3 Å². The van der Waals surface area contributed by atoms with Crippen molar-refractivity contribution >= 4 is 17.7 Å². The summed E-state index contributed by atoms with van der Waals surface area (Å²) in [5.74, 6) is -1.79. The molecule has 7 nitrogen and oxygen atoms in total. The SMILES string of the molecule is Cc1cc(N2C[C@]34C=C[C@@H](O3)[C@H](C(=O)O)[C@@H]4C2=O)no1. The van der Waals surface area contributed by atoms with Gasteiger partial charge in [0.2, 0.25) is 5.91 Å². The Morgan fingerprint density at radius 2 is 2.40 bits per heavy atom. The van der Waals surface area contributed by atoms with Crippen molar-refractivity contribution in [2.45, 2.75) is 18.6 Å². The van der Waals surface area contributed by atoms with Gasteiger partial charge in [-0.15, -0.1) is 0 Å². The highest BCUT2D eigenvalue weighted by atomic mass is 16.5. The van der Waals surface area contributed by atoms with Gasteiger partial charge in [-0.3, -0.25) is 14.5 Å². The highest BCUT2D eigenvalue weighted by Crippen LogP contribution is 2.52. The number of fused-ring (bicyclic) bond motifs is 1. The fourth-order valence-corrected chi connectivity index (χ4v) is 3.45. The Labute approximate surface area is 113 Å². The van der Waals surface area contributed by atoms with Gasteiger partial charge in [-0.1, -0.05) is 17.3 Å². The molecule has 1 aromatic rings. The molecule has 0 unspecified atom stereocenters. The van der Waals surface area contributed by atoms with Crippen molar-refractivity contribution in [1.29, 1.82) is 0 Å². The molecule has 0 saturated carbocycles. The summed E-state index contributed by atoms with van der Waals surface area (Å²) in [5, 5.41) is 13.2. The first-order valence-electron chi connectivity index (χ1n) is 6.36. The molecule has 20 heavy (non-hydrogen) atoms. The number of aliphatic carboxylic acids is 1. The van der Waals surface area contributed by atoms with E-state index in [4.69, 9.17) is 9.26 Å². The van der Waals surface area contributed by atoms with Gasteiger partial charge in [-0.25, -0.2) is 0 Å².